The van der Waals surface area contributed by atoms with Gasteiger partial charge in [-0.25, -0.2) is 4.79 Å². The highest BCUT2D eigenvalue weighted by Crippen LogP contribution is 2.33. The highest BCUT2D eigenvalue weighted by molar-refractivity contribution is 6.31. The molecule has 0 fully saturated rings. The average molecular weight is 361 g/mol. The molecule has 0 saturated heterocycles. The van der Waals surface area contributed by atoms with Crippen LogP contribution in [0, 0.1) is 0 Å². The number of benzene rings is 2. The summed E-state index contributed by atoms with van der Waals surface area (Å²) in [6.07, 6.45) is 3.19. The lowest BCUT2D eigenvalue weighted by atomic mass is 9.84. The first-order valence-corrected chi connectivity index (χ1v) is 9.01. The normalized spacial score (nSPS) is 12.8. The van der Waals surface area contributed by atoms with E-state index in [0.29, 0.717) is 17.7 Å². The molecule has 5 heteroatoms. The molecule has 136 valence electrons. The van der Waals surface area contributed by atoms with E-state index in [-0.39, 0.29) is 28.4 Å². The molecule has 1 heterocycles. The van der Waals surface area contributed by atoms with E-state index in [0.717, 1.165) is 23.6 Å². The van der Waals surface area contributed by atoms with Gasteiger partial charge < -0.3 is 9.30 Å². The molecule has 0 spiro atoms. The van der Waals surface area contributed by atoms with Crippen molar-refractivity contribution in [3.8, 4) is 0 Å². The predicted molar refractivity (Wildman–Crippen MR) is 101 cm³/mol. The number of hydrogen-bond donors (Lipinski definition) is 0. The summed E-state index contributed by atoms with van der Waals surface area (Å²) in [5.74, 6) is -1.13. The van der Waals surface area contributed by atoms with Gasteiger partial charge >= 0.3 is 5.97 Å². The minimum Gasteiger partial charge on any atom is -0.461 e. The van der Waals surface area contributed by atoms with Crippen molar-refractivity contribution >= 4 is 28.3 Å². The van der Waals surface area contributed by atoms with Crippen LogP contribution in [0.15, 0.2) is 42.6 Å². The van der Waals surface area contributed by atoms with Crippen LogP contribution in [-0.2, 0) is 11.8 Å². The van der Waals surface area contributed by atoms with Gasteiger partial charge in [0.15, 0.2) is 11.6 Å². The van der Waals surface area contributed by atoms with Gasteiger partial charge in [-0.05, 0) is 29.3 Å². The molecule has 0 saturated carbocycles. The van der Waals surface area contributed by atoms with Crippen LogP contribution < -0.4 is 0 Å². The molecule has 0 atom stereocenters. The number of unbranched alkanes of at least 4 members (excludes halogenated alkanes) is 1. The van der Waals surface area contributed by atoms with Gasteiger partial charge in [0.1, 0.15) is 5.69 Å². The van der Waals surface area contributed by atoms with Crippen LogP contribution in [0.2, 0.25) is 0 Å². The summed E-state index contributed by atoms with van der Waals surface area (Å²) in [5.41, 5.74) is 1.25. The number of nitrogens with zero attached hydrogens (tertiary/aromatic N) is 1. The average Bonchev–Trinajstić information content (AvgIpc) is 3.02. The number of fused-ring (bicyclic) bond motifs is 3. The highest BCUT2D eigenvalue weighted by Gasteiger charge is 2.36. The van der Waals surface area contributed by atoms with Crippen LogP contribution in [0.25, 0.3) is 10.8 Å². The Labute approximate surface area is 156 Å². The summed E-state index contributed by atoms with van der Waals surface area (Å²) in [6, 6.07) is 11.1. The molecule has 2 aromatic carbocycles. The largest absolute Gasteiger partial charge is 0.461 e. The number of aromatic nitrogens is 1. The molecule has 5 nitrogen and oxygen atoms in total. The van der Waals surface area contributed by atoms with Gasteiger partial charge in [0, 0.05) is 24.4 Å². The third kappa shape index (κ3) is 2.67. The second-order valence-electron chi connectivity index (χ2n) is 6.77. The van der Waals surface area contributed by atoms with Crippen molar-refractivity contribution in [1.29, 1.82) is 0 Å². The summed E-state index contributed by atoms with van der Waals surface area (Å²) in [6.45, 7) is 2.29. The molecule has 0 N–H and O–H groups in total. The van der Waals surface area contributed by atoms with Crippen LogP contribution in [0.3, 0.4) is 0 Å². The molecule has 0 amide bonds. The number of aryl methyl sites for hydroxylation is 1. The third-order valence-electron chi connectivity index (χ3n) is 4.95. The number of ether oxygens (including phenoxy) is 1. The van der Waals surface area contributed by atoms with Gasteiger partial charge in [0.05, 0.1) is 17.7 Å². The molecule has 0 radical (unpaired) electrons. The molecule has 1 aromatic heterocycles. The fraction of sp³-hybridized carbons (Fsp3) is 0.227. The Morgan fingerprint density at radius 2 is 1.63 bits per heavy atom. The zero-order chi connectivity index (χ0) is 19.1. The molecule has 0 aliphatic heterocycles. The standard InChI is InChI=1S/C22H19NO4/c1-3-4-9-27-22(26)19-18-17(12-23(19)2)20(24)15-10-13-7-5-6-8-14(13)11-16(15)21(18)25/h5-8,10-12H,3-4,9H2,1-2H3. The number of esters is 1. The van der Waals surface area contributed by atoms with Crippen molar-refractivity contribution in [2.75, 3.05) is 6.61 Å². The van der Waals surface area contributed by atoms with Gasteiger partial charge in [-0.2, -0.15) is 0 Å². The Hall–Kier alpha value is -3.21. The second kappa shape index (κ2) is 6.50. The van der Waals surface area contributed by atoms with Crippen molar-refractivity contribution in [2.24, 2.45) is 7.05 Å². The minimum absolute atomic E-state index is 0.137. The number of ketones is 2. The van der Waals surface area contributed by atoms with Gasteiger partial charge in [-0.3, -0.25) is 9.59 Å². The third-order valence-corrected chi connectivity index (χ3v) is 4.95. The molecular formula is C22H19NO4. The molecule has 4 rings (SSSR count). The van der Waals surface area contributed by atoms with Crippen LogP contribution in [0.5, 0.6) is 0 Å². The van der Waals surface area contributed by atoms with Crippen LogP contribution in [0.4, 0.5) is 0 Å². The smallest absolute Gasteiger partial charge is 0.355 e. The van der Waals surface area contributed by atoms with Crippen molar-refractivity contribution in [1.82, 2.24) is 4.57 Å². The topological polar surface area (TPSA) is 65.4 Å². The van der Waals surface area contributed by atoms with Gasteiger partial charge in [0.25, 0.3) is 0 Å². The summed E-state index contributed by atoms with van der Waals surface area (Å²) in [4.78, 5) is 38.8. The van der Waals surface area contributed by atoms with Crippen molar-refractivity contribution < 1.29 is 19.1 Å². The maximum absolute atomic E-state index is 13.2. The molecule has 1 aliphatic rings. The lowest BCUT2D eigenvalue weighted by Crippen LogP contribution is -2.22. The molecular weight excluding hydrogens is 342 g/mol. The first-order valence-electron chi connectivity index (χ1n) is 9.01. The van der Waals surface area contributed by atoms with E-state index >= 15 is 0 Å². The quantitative estimate of drug-likeness (QED) is 0.408. The van der Waals surface area contributed by atoms with Crippen molar-refractivity contribution in [3.63, 3.8) is 0 Å². The lowest BCUT2D eigenvalue weighted by Gasteiger charge is -2.16. The predicted octanol–water partition coefficient (Wildman–Crippen LogP) is 3.91. The zero-order valence-electron chi connectivity index (χ0n) is 15.2. The van der Waals surface area contributed by atoms with E-state index in [1.807, 2.05) is 31.2 Å². The highest BCUT2D eigenvalue weighted by atomic mass is 16.5. The van der Waals surface area contributed by atoms with E-state index in [4.69, 9.17) is 4.74 Å². The van der Waals surface area contributed by atoms with E-state index in [2.05, 4.69) is 0 Å². The molecule has 27 heavy (non-hydrogen) atoms. The van der Waals surface area contributed by atoms with Crippen molar-refractivity contribution in [3.05, 3.63) is 70.5 Å². The lowest BCUT2D eigenvalue weighted by molar-refractivity contribution is 0.0486. The van der Waals surface area contributed by atoms with Crippen LogP contribution in [0.1, 0.15) is 62.1 Å². The summed E-state index contributed by atoms with van der Waals surface area (Å²) in [5, 5.41) is 1.78. The molecule has 1 aliphatic carbocycles. The number of carbonyl (C=O) groups excluding carboxylic acids is 3. The first-order chi connectivity index (χ1) is 13.0. The second-order valence-corrected chi connectivity index (χ2v) is 6.77. The summed E-state index contributed by atoms with van der Waals surface area (Å²) < 4.78 is 6.81. The van der Waals surface area contributed by atoms with Gasteiger partial charge in [-0.1, -0.05) is 37.6 Å². The van der Waals surface area contributed by atoms with Crippen LogP contribution >= 0.6 is 0 Å². The van der Waals surface area contributed by atoms with Crippen molar-refractivity contribution in [2.45, 2.75) is 19.8 Å². The Morgan fingerprint density at radius 3 is 2.26 bits per heavy atom. The first kappa shape index (κ1) is 17.2. The Bertz CT molecular complexity index is 1110. The van der Waals surface area contributed by atoms with E-state index in [1.165, 1.54) is 4.57 Å². The zero-order valence-corrected chi connectivity index (χ0v) is 15.2. The Balaban J connectivity index is 1.84. The minimum atomic E-state index is -0.572. The Morgan fingerprint density at radius 1 is 1.00 bits per heavy atom. The summed E-state index contributed by atoms with van der Waals surface area (Å²) >= 11 is 0. The maximum atomic E-state index is 13.2. The monoisotopic (exact) mass is 361 g/mol. The number of hydrogen-bond acceptors (Lipinski definition) is 4. The van der Waals surface area contributed by atoms with Gasteiger partial charge in [-0.15, -0.1) is 0 Å². The van der Waals surface area contributed by atoms with E-state index < -0.39 is 5.97 Å². The van der Waals surface area contributed by atoms with E-state index in [9.17, 15) is 14.4 Å². The van der Waals surface area contributed by atoms with Crippen LogP contribution in [-0.4, -0.2) is 28.7 Å². The van der Waals surface area contributed by atoms with Gasteiger partial charge in [0.2, 0.25) is 0 Å². The fourth-order valence-electron chi connectivity index (χ4n) is 3.55. The molecule has 0 bridgehead atoms. The van der Waals surface area contributed by atoms with E-state index in [1.54, 1.807) is 25.4 Å². The summed E-state index contributed by atoms with van der Waals surface area (Å²) in [7, 11) is 1.65. The fourth-order valence-corrected chi connectivity index (χ4v) is 3.55. The SMILES string of the molecule is CCCCOC(=O)c1c2c(cn1C)C(=O)c1cc3ccccc3cc1C2=O. The number of carbonyl (C=O) groups is 3. The molecule has 0 unspecified atom stereocenters. The number of rotatable bonds is 4. The molecule has 3 aromatic rings. The Kier molecular flexibility index (Phi) is 4.15. The maximum Gasteiger partial charge on any atom is 0.355 e.